The van der Waals surface area contributed by atoms with Gasteiger partial charge in [-0.25, -0.2) is 9.97 Å². The van der Waals surface area contributed by atoms with E-state index in [9.17, 15) is 4.79 Å². The van der Waals surface area contributed by atoms with Gasteiger partial charge in [-0.15, -0.1) is 0 Å². The normalized spacial score (nSPS) is 18.2. The van der Waals surface area contributed by atoms with Gasteiger partial charge in [0.15, 0.2) is 0 Å². The Labute approximate surface area is 141 Å². The van der Waals surface area contributed by atoms with Gasteiger partial charge in [-0.3, -0.25) is 14.4 Å². The molecule has 130 valence electrons. The molecule has 0 aliphatic carbocycles. The number of amides is 1. The fourth-order valence-electron chi connectivity index (χ4n) is 3.09. The third-order valence-corrected chi connectivity index (χ3v) is 4.46. The van der Waals surface area contributed by atoms with E-state index in [1.54, 1.807) is 25.8 Å². The van der Waals surface area contributed by atoms with Crippen LogP contribution in [0.2, 0.25) is 0 Å². The quantitative estimate of drug-likeness (QED) is 0.751. The van der Waals surface area contributed by atoms with Crippen LogP contribution < -0.4 is 0 Å². The molecule has 3 rings (SSSR count). The van der Waals surface area contributed by atoms with Crippen molar-refractivity contribution in [3.63, 3.8) is 0 Å². The summed E-state index contributed by atoms with van der Waals surface area (Å²) in [5.74, 6) is 1.53. The Kier molecular flexibility index (Phi) is 5.24. The molecule has 0 unspecified atom stereocenters. The van der Waals surface area contributed by atoms with Crippen molar-refractivity contribution >= 4 is 5.91 Å². The summed E-state index contributed by atoms with van der Waals surface area (Å²) in [7, 11) is 0. The highest BCUT2D eigenvalue weighted by Gasteiger charge is 2.30. The van der Waals surface area contributed by atoms with E-state index in [1.165, 1.54) is 0 Å². The number of hydrogen-bond acceptors (Lipinski definition) is 6. The van der Waals surface area contributed by atoms with Crippen molar-refractivity contribution in [3.05, 3.63) is 30.5 Å². The molecule has 0 aromatic carbocycles. The van der Waals surface area contributed by atoms with Crippen LogP contribution in [0.3, 0.4) is 0 Å². The number of carbonyl (C=O) groups excluding carboxylic acids is 1. The lowest BCUT2D eigenvalue weighted by Crippen LogP contribution is -2.40. The molecule has 0 spiro atoms. The summed E-state index contributed by atoms with van der Waals surface area (Å²) < 4.78 is 7.49. The summed E-state index contributed by atoms with van der Waals surface area (Å²) in [5, 5.41) is 4.12. The first-order valence-electron chi connectivity index (χ1n) is 8.41. The lowest BCUT2D eigenvalue weighted by molar-refractivity contribution is -0.132. The van der Waals surface area contributed by atoms with Crippen LogP contribution in [0.25, 0.3) is 0 Å². The Balaban J connectivity index is 1.55. The van der Waals surface area contributed by atoms with Gasteiger partial charge in [0.05, 0.1) is 19.3 Å². The molecule has 1 atom stereocenters. The predicted octanol–water partition coefficient (Wildman–Crippen LogP) is 0.951. The molecule has 3 heterocycles. The van der Waals surface area contributed by atoms with Crippen molar-refractivity contribution in [2.75, 3.05) is 19.6 Å². The van der Waals surface area contributed by atoms with Crippen LogP contribution in [-0.4, -0.2) is 61.1 Å². The van der Waals surface area contributed by atoms with Crippen LogP contribution in [0.1, 0.15) is 31.9 Å². The third kappa shape index (κ3) is 4.00. The Morgan fingerprint density at radius 1 is 1.46 bits per heavy atom. The maximum absolute atomic E-state index is 12.1. The number of nitrogens with zero attached hydrogens (tertiary/aromatic N) is 6. The van der Waals surface area contributed by atoms with E-state index in [0.717, 1.165) is 44.8 Å². The van der Waals surface area contributed by atoms with Crippen LogP contribution >= 0.6 is 0 Å². The fraction of sp³-hybridized carbons (Fsp3) is 0.625. The van der Waals surface area contributed by atoms with Gasteiger partial charge in [-0.1, -0.05) is 6.92 Å². The molecule has 2 aromatic rings. The van der Waals surface area contributed by atoms with Crippen molar-refractivity contribution in [1.82, 2.24) is 29.5 Å². The molecular formula is C16H24N6O2. The lowest BCUT2D eigenvalue weighted by Gasteiger charge is -2.27. The van der Waals surface area contributed by atoms with Gasteiger partial charge in [-0.05, 0) is 6.42 Å². The highest BCUT2D eigenvalue weighted by molar-refractivity contribution is 5.73. The Hall–Kier alpha value is -2.22. The van der Waals surface area contributed by atoms with Gasteiger partial charge in [-0.2, -0.15) is 5.10 Å². The summed E-state index contributed by atoms with van der Waals surface area (Å²) in [5.41, 5.74) is 0. The van der Waals surface area contributed by atoms with E-state index in [-0.39, 0.29) is 11.9 Å². The van der Waals surface area contributed by atoms with Gasteiger partial charge in [0.25, 0.3) is 0 Å². The van der Waals surface area contributed by atoms with Crippen LogP contribution in [0, 0.1) is 0 Å². The summed E-state index contributed by atoms with van der Waals surface area (Å²) in [4.78, 5) is 24.5. The van der Waals surface area contributed by atoms with Crippen LogP contribution in [0.15, 0.2) is 23.3 Å². The Morgan fingerprint density at radius 3 is 3.00 bits per heavy atom. The monoisotopic (exact) mass is 332 g/mol. The van der Waals surface area contributed by atoms with Gasteiger partial charge in [0.1, 0.15) is 18.4 Å². The second kappa shape index (κ2) is 7.57. The fourth-order valence-corrected chi connectivity index (χ4v) is 3.09. The number of carbonyl (C=O) groups is 1. The zero-order chi connectivity index (χ0) is 16.9. The summed E-state index contributed by atoms with van der Waals surface area (Å²) >= 11 is 0. The molecule has 1 amide bonds. The number of aromatic nitrogens is 4. The number of rotatable bonds is 7. The standard InChI is InChI=1S/C16H24N6O2/c1-3-15-8-18-16(24-15)10-22(13(2)23)14-4-5-20(9-14)6-7-21-12-17-11-19-21/h8,11-12,14H,3-7,9-10H2,1-2H3/t14-/m1/s1. The topological polar surface area (TPSA) is 80.3 Å². The summed E-state index contributed by atoms with van der Waals surface area (Å²) in [6.07, 6.45) is 6.80. The molecule has 0 radical (unpaired) electrons. The molecular weight excluding hydrogens is 308 g/mol. The molecule has 8 nitrogen and oxygen atoms in total. The van der Waals surface area contributed by atoms with E-state index in [4.69, 9.17) is 4.42 Å². The molecule has 8 heteroatoms. The molecule has 1 aliphatic rings. The van der Waals surface area contributed by atoms with E-state index in [1.807, 2.05) is 16.5 Å². The maximum Gasteiger partial charge on any atom is 0.220 e. The Morgan fingerprint density at radius 2 is 2.33 bits per heavy atom. The van der Waals surface area contributed by atoms with Gasteiger partial charge < -0.3 is 9.32 Å². The number of oxazole rings is 1. The number of likely N-dealkylation sites (tertiary alicyclic amines) is 1. The van der Waals surface area contributed by atoms with E-state index < -0.39 is 0 Å². The molecule has 24 heavy (non-hydrogen) atoms. The SMILES string of the molecule is CCc1cnc(CN(C(C)=O)[C@@H]2CCN(CCn3cncn3)C2)o1. The van der Waals surface area contributed by atoms with Crippen molar-refractivity contribution in [1.29, 1.82) is 0 Å². The van der Waals surface area contributed by atoms with Crippen molar-refractivity contribution in [3.8, 4) is 0 Å². The molecule has 0 saturated carbocycles. The van der Waals surface area contributed by atoms with Crippen LogP contribution in [-0.2, 0) is 24.3 Å². The molecule has 1 fully saturated rings. The highest BCUT2D eigenvalue weighted by Crippen LogP contribution is 2.19. The zero-order valence-electron chi connectivity index (χ0n) is 14.3. The first-order valence-corrected chi connectivity index (χ1v) is 8.41. The smallest absolute Gasteiger partial charge is 0.220 e. The van der Waals surface area contributed by atoms with E-state index in [0.29, 0.717) is 12.4 Å². The van der Waals surface area contributed by atoms with E-state index >= 15 is 0 Å². The second-order valence-electron chi connectivity index (χ2n) is 6.12. The molecule has 0 bridgehead atoms. The first kappa shape index (κ1) is 16.6. The van der Waals surface area contributed by atoms with Crippen molar-refractivity contribution in [2.24, 2.45) is 0 Å². The zero-order valence-corrected chi connectivity index (χ0v) is 14.3. The number of aryl methyl sites for hydroxylation is 1. The highest BCUT2D eigenvalue weighted by atomic mass is 16.4. The molecule has 0 N–H and O–H groups in total. The average Bonchev–Trinajstić information content (AvgIpc) is 3.31. The number of hydrogen-bond donors (Lipinski definition) is 0. The van der Waals surface area contributed by atoms with Crippen molar-refractivity contribution < 1.29 is 9.21 Å². The average molecular weight is 332 g/mol. The van der Waals surface area contributed by atoms with E-state index in [2.05, 4.69) is 20.0 Å². The minimum atomic E-state index is 0.0642. The maximum atomic E-state index is 12.1. The van der Waals surface area contributed by atoms with Crippen LogP contribution in [0.5, 0.6) is 0 Å². The molecule has 1 aliphatic heterocycles. The molecule has 2 aromatic heterocycles. The summed E-state index contributed by atoms with van der Waals surface area (Å²) in [6, 6.07) is 0.204. The van der Waals surface area contributed by atoms with Gasteiger partial charge in [0.2, 0.25) is 11.8 Å². The second-order valence-corrected chi connectivity index (χ2v) is 6.12. The van der Waals surface area contributed by atoms with Gasteiger partial charge >= 0.3 is 0 Å². The minimum absolute atomic E-state index is 0.0642. The Bertz CT molecular complexity index is 653. The summed E-state index contributed by atoms with van der Waals surface area (Å²) in [6.45, 7) is 7.65. The van der Waals surface area contributed by atoms with Gasteiger partial charge in [0, 0.05) is 39.0 Å². The minimum Gasteiger partial charge on any atom is -0.444 e. The first-order chi connectivity index (χ1) is 11.7. The van der Waals surface area contributed by atoms with Crippen molar-refractivity contribution in [2.45, 2.75) is 45.8 Å². The van der Waals surface area contributed by atoms with Crippen LogP contribution in [0.4, 0.5) is 0 Å². The predicted molar refractivity (Wildman–Crippen MR) is 87.0 cm³/mol. The largest absolute Gasteiger partial charge is 0.444 e. The molecule has 1 saturated heterocycles. The third-order valence-electron chi connectivity index (χ3n) is 4.46. The lowest BCUT2D eigenvalue weighted by atomic mass is 10.2.